The maximum Gasteiger partial charge on any atom is 0.225 e. The molecule has 4 N–H and O–H groups in total. The Bertz CT molecular complexity index is 547. The molecule has 1 aliphatic rings. The van der Waals surface area contributed by atoms with Gasteiger partial charge in [-0.15, -0.1) is 0 Å². The summed E-state index contributed by atoms with van der Waals surface area (Å²) in [4.78, 5) is 34.9. The molecule has 22 heavy (non-hydrogen) atoms. The lowest BCUT2D eigenvalue weighted by molar-refractivity contribution is -0.134. The summed E-state index contributed by atoms with van der Waals surface area (Å²) in [6.45, 7) is 0.674. The second-order valence-corrected chi connectivity index (χ2v) is 5.68. The Morgan fingerprint density at radius 1 is 1.27 bits per heavy atom. The van der Waals surface area contributed by atoms with Crippen LogP contribution in [0.4, 0.5) is 0 Å². The fraction of sp³-hybridized carbons (Fsp3) is 0.438. The van der Waals surface area contributed by atoms with Gasteiger partial charge in [0.25, 0.3) is 0 Å². The topological polar surface area (TPSA) is 101 Å². The summed E-state index contributed by atoms with van der Waals surface area (Å²) in [6.07, 6.45) is 1.24. The van der Waals surface area contributed by atoms with E-state index in [0.29, 0.717) is 19.4 Å². The molecule has 6 nitrogen and oxygen atoms in total. The molecule has 0 spiro atoms. The fourth-order valence-corrected chi connectivity index (χ4v) is 2.58. The molecule has 1 aromatic rings. The van der Waals surface area contributed by atoms with E-state index in [9.17, 15) is 14.4 Å². The smallest absolute Gasteiger partial charge is 0.225 e. The first-order valence-corrected chi connectivity index (χ1v) is 7.39. The average molecular weight is 303 g/mol. The van der Waals surface area contributed by atoms with E-state index in [4.69, 9.17) is 5.73 Å². The number of rotatable bonds is 6. The molecular weight excluding hydrogens is 282 g/mol. The van der Waals surface area contributed by atoms with Crippen molar-refractivity contribution in [1.82, 2.24) is 10.6 Å². The van der Waals surface area contributed by atoms with Gasteiger partial charge in [-0.05, 0) is 18.4 Å². The van der Waals surface area contributed by atoms with Gasteiger partial charge < -0.3 is 16.4 Å². The molecule has 1 aliphatic heterocycles. The van der Waals surface area contributed by atoms with Crippen LogP contribution in [0.25, 0.3) is 0 Å². The molecule has 0 unspecified atom stereocenters. The van der Waals surface area contributed by atoms with Crippen LogP contribution in [-0.2, 0) is 20.9 Å². The third-order valence-electron chi connectivity index (χ3n) is 4.14. The maximum absolute atomic E-state index is 11.9. The maximum atomic E-state index is 11.9. The zero-order valence-corrected chi connectivity index (χ0v) is 12.4. The number of benzene rings is 1. The van der Waals surface area contributed by atoms with Crippen molar-refractivity contribution in [3.8, 4) is 0 Å². The first-order chi connectivity index (χ1) is 10.5. The second-order valence-electron chi connectivity index (χ2n) is 5.68. The van der Waals surface area contributed by atoms with Gasteiger partial charge in [-0.2, -0.15) is 0 Å². The van der Waals surface area contributed by atoms with Crippen LogP contribution in [0.5, 0.6) is 0 Å². The van der Waals surface area contributed by atoms with E-state index >= 15 is 0 Å². The van der Waals surface area contributed by atoms with Crippen LogP contribution in [0.2, 0.25) is 0 Å². The lowest BCUT2D eigenvalue weighted by atomic mass is 9.76. The Balaban J connectivity index is 1.83. The number of primary amides is 1. The number of carbonyl (C=O) groups is 3. The SMILES string of the molecule is NC(=O)[C@@]1(CCC(=O)NCc2ccccc2)CCC(=O)NC1. The van der Waals surface area contributed by atoms with Crippen molar-refractivity contribution >= 4 is 17.7 Å². The van der Waals surface area contributed by atoms with Gasteiger partial charge in [-0.3, -0.25) is 14.4 Å². The van der Waals surface area contributed by atoms with Gasteiger partial charge in [0.15, 0.2) is 0 Å². The largest absolute Gasteiger partial charge is 0.369 e. The predicted molar refractivity (Wildman–Crippen MR) is 81.4 cm³/mol. The molecule has 0 bridgehead atoms. The Morgan fingerprint density at radius 3 is 2.59 bits per heavy atom. The highest BCUT2D eigenvalue weighted by atomic mass is 16.2. The number of amides is 3. The first kappa shape index (κ1) is 16.0. The molecule has 0 saturated carbocycles. The minimum atomic E-state index is -0.808. The van der Waals surface area contributed by atoms with Gasteiger partial charge in [-0.25, -0.2) is 0 Å². The van der Waals surface area contributed by atoms with Crippen LogP contribution in [-0.4, -0.2) is 24.3 Å². The second kappa shape index (κ2) is 7.06. The molecular formula is C16H21N3O3. The Hall–Kier alpha value is -2.37. The number of nitrogens with one attached hydrogen (secondary N) is 2. The van der Waals surface area contributed by atoms with Gasteiger partial charge in [0, 0.05) is 25.9 Å². The summed E-state index contributed by atoms with van der Waals surface area (Å²) in [6, 6.07) is 9.60. The third-order valence-corrected chi connectivity index (χ3v) is 4.14. The Morgan fingerprint density at radius 2 is 2.00 bits per heavy atom. The molecule has 3 amide bonds. The standard InChI is InChI=1S/C16H21N3O3/c17-15(22)16(9-7-14(21)19-11-16)8-6-13(20)18-10-12-4-2-1-3-5-12/h1-5H,6-11H2,(H2,17,22)(H,18,20)(H,19,21)/t16-/m0/s1. The molecule has 1 heterocycles. The van der Waals surface area contributed by atoms with Gasteiger partial charge >= 0.3 is 0 Å². The highest BCUT2D eigenvalue weighted by Crippen LogP contribution is 2.31. The van der Waals surface area contributed by atoms with E-state index in [2.05, 4.69) is 10.6 Å². The highest BCUT2D eigenvalue weighted by Gasteiger charge is 2.40. The lowest BCUT2D eigenvalue weighted by Gasteiger charge is -2.34. The van der Waals surface area contributed by atoms with Crippen molar-refractivity contribution in [2.45, 2.75) is 32.2 Å². The molecule has 1 fully saturated rings. The van der Waals surface area contributed by atoms with Crippen molar-refractivity contribution in [2.75, 3.05) is 6.54 Å². The third kappa shape index (κ3) is 4.07. The lowest BCUT2D eigenvalue weighted by Crippen LogP contribution is -2.51. The summed E-state index contributed by atoms with van der Waals surface area (Å²) in [7, 11) is 0. The van der Waals surface area contributed by atoms with E-state index in [-0.39, 0.29) is 31.2 Å². The zero-order valence-electron chi connectivity index (χ0n) is 12.4. The number of carbonyl (C=O) groups excluding carboxylic acids is 3. The monoisotopic (exact) mass is 303 g/mol. The van der Waals surface area contributed by atoms with E-state index in [0.717, 1.165) is 5.56 Å². The molecule has 0 radical (unpaired) electrons. The molecule has 1 atom stereocenters. The highest BCUT2D eigenvalue weighted by molar-refractivity contribution is 5.86. The van der Waals surface area contributed by atoms with Crippen molar-refractivity contribution < 1.29 is 14.4 Å². The molecule has 0 aliphatic carbocycles. The normalized spacial score (nSPS) is 21.0. The van der Waals surface area contributed by atoms with Crippen molar-refractivity contribution in [3.05, 3.63) is 35.9 Å². The minimum Gasteiger partial charge on any atom is -0.369 e. The van der Waals surface area contributed by atoms with E-state index in [1.54, 1.807) is 0 Å². The molecule has 0 aromatic heterocycles. The molecule has 1 aromatic carbocycles. The van der Waals surface area contributed by atoms with E-state index in [1.807, 2.05) is 30.3 Å². The van der Waals surface area contributed by atoms with Crippen LogP contribution < -0.4 is 16.4 Å². The van der Waals surface area contributed by atoms with Crippen LogP contribution in [0.15, 0.2) is 30.3 Å². The summed E-state index contributed by atoms with van der Waals surface area (Å²) in [5.41, 5.74) is 5.69. The number of nitrogens with two attached hydrogens (primary N) is 1. The van der Waals surface area contributed by atoms with Crippen molar-refractivity contribution in [1.29, 1.82) is 0 Å². The summed E-state index contributed by atoms with van der Waals surface area (Å²) in [5, 5.41) is 5.49. The van der Waals surface area contributed by atoms with Crippen molar-refractivity contribution in [2.24, 2.45) is 11.1 Å². The zero-order chi connectivity index (χ0) is 16.0. The average Bonchev–Trinajstić information content (AvgIpc) is 2.53. The fourth-order valence-electron chi connectivity index (χ4n) is 2.58. The summed E-state index contributed by atoms with van der Waals surface area (Å²) in [5.74, 6) is -0.657. The number of hydrogen-bond acceptors (Lipinski definition) is 3. The number of piperidine rings is 1. The van der Waals surface area contributed by atoms with Gasteiger partial charge in [0.05, 0.1) is 5.41 Å². The summed E-state index contributed by atoms with van der Waals surface area (Å²) >= 11 is 0. The molecule has 2 rings (SSSR count). The quantitative estimate of drug-likeness (QED) is 0.711. The van der Waals surface area contributed by atoms with E-state index < -0.39 is 11.3 Å². The van der Waals surface area contributed by atoms with Crippen molar-refractivity contribution in [3.63, 3.8) is 0 Å². The Kier molecular flexibility index (Phi) is 5.14. The van der Waals surface area contributed by atoms with Crippen LogP contribution >= 0.6 is 0 Å². The molecule has 1 saturated heterocycles. The van der Waals surface area contributed by atoms with Gasteiger partial charge in [-0.1, -0.05) is 30.3 Å². The first-order valence-electron chi connectivity index (χ1n) is 7.39. The predicted octanol–water partition coefficient (Wildman–Crippen LogP) is 0.465. The van der Waals surface area contributed by atoms with Crippen LogP contribution in [0.3, 0.4) is 0 Å². The summed E-state index contributed by atoms with van der Waals surface area (Å²) < 4.78 is 0. The van der Waals surface area contributed by atoms with Crippen LogP contribution in [0.1, 0.15) is 31.2 Å². The van der Waals surface area contributed by atoms with E-state index in [1.165, 1.54) is 0 Å². The molecule has 118 valence electrons. The van der Waals surface area contributed by atoms with Crippen LogP contribution in [0, 0.1) is 5.41 Å². The Labute approximate surface area is 129 Å². The van der Waals surface area contributed by atoms with Gasteiger partial charge in [0.1, 0.15) is 0 Å². The molecule has 6 heteroatoms. The number of hydrogen-bond donors (Lipinski definition) is 3. The minimum absolute atomic E-state index is 0.0783. The van der Waals surface area contributed by atoms with Gasteiger partial charge in [0.2, 0.25) is 17.7 Å².